The van der Waals surface area contributed by atoms with E-state index in [1.807, 2.05) is 16.9 Å². The lowest BCUT2D eigenvalue weighted by Crippen LogP contribution is -2.24. The summed E-state index contributed by atoms with van der Waals surface area (Å²) >= 11 is 0. The number of carbonyl (C=O) groups is 1. The van der Waals surface area contributed by atoms with Gasteiger partial charge in [-0.1, -0.05) is 12.8 Å². The van der Waals surface area contributed by atoms with E-state index in [0.717, 1.165) is 12.1 Å². The summed E-state index contributed by atoms with van der Waals surface area (Å²) in [7, 11) is 0. The average Bonchev–Trinajstić information content (AvgIpc) is 2.77. The van der Waals surface area contributed by atoms with Gasteiger partial charge in [0, 0.05) is 12.2 Å². The van der Waals surface area contributed by atoms with Crippen LogP contribution in [0, 0.1) is 12.3 Å². The Balaban J connectivity index is 2.44. The first-order valence-electron chi connectivity index (χ1n) is 5.87. The average molecular weight is 233 g/mol. The molecule has 4 nitrogen and oxygen atoms in total. The van der Waals surface area contributed by atoms with Crippen molar-refractivity contribution in [3.8, 4) is 12.3 Å². The Kier molecular flexibility index (Phi) is 5.44. The van der Waals surface area contributed by atoms with Crippen LogP contribution < -0.4 is 5.32 Å². The standard InChI is InChI=1S/C13H19N3O/c1-4-7-14-10-13(17)9-12-6-8-16(15-12)11(3)5-2/h1,6,8,11,14H,5,7,9-10H2,2-3H3. The van der Waals surface area contributed by atoms with E-state index in [1.165, 1.54) is 0 Å². The van der Waals surface area contributed by atoms with Crippen LogP contribution in [0.3, 0.4) is 0 Å². The molecule has 0 fully saturated rings. The van der Waals surface area contributed by atoms with Crippen LogP contribution in [0.1, 0.15) is 32.0 Å². The number of nitrogens with zero attached hydrogens (tertiary/aromatic N) is 2. The molecule has 1 heterocycles. The third-order valence-corrected chi connectivity index (χ3v) is 2.63. The van der Waals surface area contributed by atoms with Gasteiger partial charge >= 0.3 is 0 Å². The highest BCUT2D eigenvalue weighted by molar-refractivity contribution is 5.82. The number of ketones is 1. The summed E-state index contributed by atoms with van der Waals surface area (Å²) in [5, 5.41) is 7.25. The van der Waals surface area contributed by atoms with Crippen LogP contribution in [-0.2, 0) is 11.2 Å². The maximum atomic E-state index is 11.6. The molecule has 0 saturated carbocycles. The summed E-state index contributed by atoms with van der Waals surface area (Å²) in [6.45, 7) is 4.95. The normalized spacial score (nSPS) is 12.1. The number of nitrogens with one attached hydrogen (secondary N) is 1. The Morgan fingerprint density at radius 2 is 2.47 bits per heavy atom. The minimum absolute atomic E-state index is 0.106. The molecule has 1 aromatic rings. The van der Waals surface area contributed by atoms with Crippen molar-refractivity contribution in [1.29, 1.82) is 0 Å². The number of aromatic nitrogens is 2. The van der Waals surface area contributed by atoms with Gasteiger partial charge in [0.25, 0.3) is 0 Å². The van der Waals surface area contributed by atoms with Crippen molar-refractivity contribution in [2.45, 2.75) is 32.7 Å². The molecule has 1 rings (SSSR count). The summed E-state index contributed by atoms with van der Waals surface area (Å²) in [5.41, 5.74) is 0.817. The monoisotopic (exact) mass is 233 g/mol. The molecule has 4 heteroatoms. The van der Waals surface area contributed by atoms with E-state index in [4.69, 9.17) is 6.42 Å². The van der Waals surface area contributed by atoms with Gasteiger partial charge in [0.05, 0.1) is 25.2 Å². The number of hydrogen-bond donors (Lipinski definition) is 1. The van der Waals surface area contributed by atoms with Crippen molar-refractivity contribution in [3.05, 3.63) is 18.0 Å². The molecular formula is C13H19N3O. The van der Waals surface area contributed by atoms with Crippen molar-refractivity contribution < 1.29 is 4.79 Å². The SMILES string of the molecule is C#CCNCC(=O)Cc1ccn(C(C)CC)n1. The fourth-order valence-electron chi connectivity index (χ4n) is 1.44. The third-order valence-electron chi connectivity index (χ3n) is 2.63. The molecule has 1 atom stereocenters. The zero-order valence-electron chi connectivity index (χ0n) is 10.4. The van der Waals surface area contributed by atoms with Gasteiger partial charge in [-0.3, -0.25) is 14.8 Å². The summed E-state index contributed by atoms with van der Waals surface area (Å²) in [4.78, 5) is 11.6. The van der Waals surface area contributed by atoms with E-state index < -0.39 is 0 Å². The molecule has 0 spiro atoms. The Hall–Kier alpha value is -1.60. The number of rotatable bonds is 7. The van der Waals surface area contributed by atoms with Crippen LogP contribution >= 0.6 is 0 Å². The lowest BCUT2D eigenvalue weighted by molar-refractivity contribution is -0.117. The van der Waals surface area contributed by atoms with Gasteiger partial charge in [0.15, 0.2) is 5.78 Å². The molecular weight excluding hydrogens is 214 g/mol. The molecule has 1 N–H and O–H groups in total. The number of Topliss-reactive ketones (excluding diaryl/α,β-unsaturated/α-hetero) is 1. The van der Waals surface area contributed by atoms with Crippen LogP contribution in [0.2, 0.25) is 0 Å². The van der Waals surface area contributed by atoms with Crippen LogP contribution in [-0.4, -0.2) is 28.7 Å². The largest absolute Gasteiger partial charge is 0.299 e. The summed E-state index contributed by atoms with van der Waals surface area (Å²) in [5.74, 6) is 2.54. The van der Waals surface area contributed by atoms with Crippen molar-refractivity contribution in [2.24, 2.45) is 0 Å². The highest BCUT2D eigenvalue weighted by Crippen LogP contribution is 2.09. The molecule has 0 saturated heterocycles. The van der Waals surface area contributed by atoms with E-state index in [9.17, 15) is 4.79 Å². The van der Waals surface area contributed by atoms with Crippen molar-refractivity contribution >= 4 is 5.78 Å². The molecule has 0 bridgehead atoms. The lowest BCUT2D eigenvalue weighted by Gasteiger charge is -2.07. The Morgan fingerprint density at radius 3 is 3.12 bits per heavy atom. The molecule has 1 aromatic heterocycles. The molecule has 0 aliphatic carbocycles. The molecule has 0 amide bonds. The summed E-state index contributed by atoms with van der Waals surface area (Å²) < 4.78 is 1.90. The molecule has 0 aliphatic heterocycles. The van der Waals surface area contributed by atoms with Crippen LogP contribution in [0.15, 0.2) is 12.3 Å². The highest BCUT2D eigenvalue weighted by Gasteiger charge is 2.08. The van der Waals surface area contributed by atoms with Gasteiger partial charge in [-0.15, -0.1) is 6.42 Å². The summed E-state index contributed by atoms with van der Waals surface area (Å²) in [6, 6.07) is 2.27. The smallest absolute Gasteiger partial charge is 0.152 e. The van der Waals surface area contributed by atoms with Crippen molar-refractivity contribution in [2.75, 3.05) is 13.1 Å². The zero-order chi connectivity index (χ0) is 12.7. The van der Waals surface area contributed by atoms with Gasteiger partial charge in [0.1, 0.15) is 0 Å². The topological polar surface area (TPSA) is 46.9 Å². The molecule has 0 aromatic carbocycles. The van der Waals surface area contributed by atoms with Gasteiger partial charge in [0.2, 0.25) is 0 Å². The predicted octanol–water partition coefficient (Wildman–Crippen LogP) is 1.19. The van der Waals surface area contributed by atoms with Crippen molar-refractivity contribution in [1.82, 2.24) is 15.1 Å². The number of hydrogen-bond acceptors (Lipinski definition) is 3. The second-order valence-electron chi connectivity index (χ2n) is 4.07. The predicted molar refractivity (Wildman–Crippen MR) is 67.6 cm³/mol. The zero-order valence-corrected chi connectivity index (χ0v) is 10.4. The minimum atomic E-state index is 0.106. The Morgan fingerprint density at radius 1 is 1.71 bits per heavy atom. The van der Waals surface area contributed by atoms with Gasteiger partial charge in [-0.05, 0) is 19.4 Å². The highest BCUT2D eigenvalue weighted by atomic mass is 16.1. The van der Waals surface area contributed by atoms with Crippen LogP contribution in [0.5, 0.6) is 0 Å². The number of carbonyl (C=O) groups excluding carboxylic acids is 1. The fourth-order valence-corrected chi connectivity index (χ4v) is 1.44. The first-order chi connectivity index (χ1) is 8.17. The fraction of sp³-hybridized carbons (Fsp3) is 0.538. The first kappa shape index (κ1) is 13.5. The Bertz CT molecular complexity index is 403. The van der Waals surface area contributed by atoms with Crippen LogP contribution in [0.4, 0.5) is 0 Å². The maximum absolute atomic E-state index is 11.6. The Labute approximate surface area is 102 Å². The van der Waals surface area contributed by atoms with Gasteiger partial charge in [-0.2, -0.15) is 5.10 Å². The van der Waals surface area contributed by atoms with E-state index >= 15 is 0 Å². The molecule has 0 aliphatic rings. The second-order valence-corrected chi connectivity index (χ2v) is 4.07. The summed E-state index contributed by atoms with van der Waals surface area (Å²) in [6.07, 6.45) is 8.39. The lowest BCUT2D eigenvalue weighted by atomic mass is 10.2. The molecule has 0 radical (unpaired) electrons. The van der Waals surface area contributed by atoms with E-state index in [1.54, 1.807) is 0 Å². The minimum Gasteiger partial charge on any atom is -0.299 e. The van der Waals surface area contributed by atoms with E-state index in [2.05, 4.69) is 30.2 Å². The van der Waals surface area contributed by atoms with Gasteiger partial charge in [-0.25, -0.2) is 0 Å². The molecule has 17 heavy (non-hydrogen) atoms. The second kappa shape index (κ2) is 6.87. The van der Waals surface area contributed by atoms with Crippen LogP contribution in [0.25, 0.3) is 0 Å². The number of terminal acetylenes is 1. The van der Waals surface area contributed by atoms with Gasteiger partial charge < -0.3 is 0 Å². The van der Waals surface area contributed by atoms with Crippen molar-refractivity contribution in [3.63, 3.8) is 0 Å². The van der Waals surface area contributed by atoms with E-state index in [0.29, 0.717) is 25.6 Å². The molecule has 1 unspecified atom stereocenters. The maximum Gasteiger partial charge on any atom is 0.152 e. The third kappa shape index (κ3) is 4.41. The van der Waals surface area contributed by atoms with E-state index in [-0.39, 0.29) is 5.78 Å². The molecule has 92 valence electrons. The quantitative estimate of drug-likeness (QED) is 0.568. The first-order valence-corrected chi connectivity index (χ1v) is 5.87.